The van der Waals surface area contributed by atoms with Crippen molar-refractivity contribution in [2.45, 2.75) is 17.4 Å². The number of nitrogens with zero attached hydrogens (tertiary/aromatic N) is 1. The average molecular weight is 289 g/mol. The molecule has 0 aliphatic rings. The predicted molar refractivity (Wildman–Crippen MR) is 62.6 cm³/mol. The van der Waals surface area contributed by atoms with Crippen molar-refractivity contribution in [2.24, 2.45) is 0 Å². The molecule has 104 valence electrons. The number of nitrogens with one attached hydrogen (secondary N) is 1. The number of hydrogen-bond acceptors (Lipinski definition) is 6. The number of anilines is 1. The summed E-state index contributed by atoms with van der Waals surface area (Å²) in [5.74, 6) is -3.04. The molecule has 9 nitrogen and oxygen atoms in total. The van der Waals surface area contributed by atoms with Gasteiger partial charge >= 0.3 is 11.9 Å². The summed E-state index contributed by atoms with van der Waals surface area (Å²) in [4.78, 5) is 24.5. The van der Waals surface area contributed by atoms with E-state index in [2.05, 4.69) is 4.98 Å². The Morgan fingerprint density at radius 2 is 2.00 bits per heavy atom. The number of aliphatic carboxylic acids is 2. The van der Waals surface area contributed by atoms with E-state index in [-0.39, 0.29) is 10.6 Å². The lowest BCUT2D eigenvalue weighted by Gasteiger charge is -2.12. The van der Waals surface area contributed by atoms with Crippen molar-refractivity contribution in [3.63, 3.8) is 0 Å². The number of carboxylic acids is 2. The summed E-state index contributed by atoms with van der Waals surface area (Å²) >= 11 is 0. The van der Waals surface area contributed by atoms with E-state index in [0.29, 0.717) is 0 Å². The van der Waals surface area contributed by atoms with E-state index >= 15 is 0 Å². The Morgan fingerprint density at radius 1 is 1.37 bits per heavy atom. The highest BCUT2D eigenvalue weighted by Crippen LogP contribution is 2.11. The highest BCUT2D eigenvalue weighted by molar-refractivity contribution is 7.89. The molecule has 0 fully saturated rings. The van der Waals surface area contributed by atoms with Gasteiger partial charge in [0.15, 0.2) is 0 Å². The number of carbonyl (C=O) groups is 2. The van der Waals surface area contributed by atoms with E-state index in [9.17, 15) is 18.0 Å². The van der Waals surface area contributed by atoms with Crippen molar-refractivity contribution in [3.8, 4) is 0 Å². The summed E-state index contributed by atoms with van der Waals surface area (Å²) in [6, 6.07) is -0.696. The monoisotopic (exact) mass is 289 g/mol. The molecule has 0 radical (unpaired) electrons. The van der Waals surface area contributed by atoms with Crippen LogP contribution in [0, 0.1) is 0 Å². The van der Waals surface area contributed by atoms with Crippen molar-refractivity contribution < 1.29 is 28.2 Å². The first-order valence-electron chi connectivity index (χ1n) is 4.90. The molecule has 1 heterocycles. The van der Waals surface area contributed by atoms with Crippen LogP contribution in [0.5, 0.6) is 0 Å². The minimum atomic E-state index is -4.21. The second-order valence-electron chi connectivity index (χ2n) is 3.56. The molecule has 0 bridgehead atoms. The van der Waals surface area contributed by atoms with Crippen molar-refractivity contribution >= 4 is 27.6 Å². The zero-order chi connectivity index (χ0) is 14.6. The highest BCUT2D eigenvalue weighted by Gasteiger charge is 2.27. The normalized spacial score (nSPS) is 12.8. The molecule has 1 aromatic rings. The number of pyridine rings is 1. The topological polar surface area (TPSA) is 160 Å². The lowest BCUT2D eigenvalue weighted by Crippen LogP contribution is -2.42. The summed E-state index contributed by atoms with van der Waals surface area (Å²) in [5.41, 5.74) is 5.44. The smallest absolute Gasteiger partial charge is 0.322 e. The Kier molecular flexibility index (Phi) is 4.40. The van der Waals surface area contributed by atoms with Crippen LogP contribution >= 0.6 is 0 Å². The molecular formula is C9H11N3O6S. The summed E-state index contributed by atoms with van der Waals surface area (Å²) < 4.78 is 25.4. The van der Waals surface area contributed by atoms with E-state index in [1.54, 1.807) is 4.72 Å². The third kappa shape index (κ3) is 4.19. The third-order valence-electron chi connectivity index (χ3n) is 2.02. The molecule has 1 rings (SSSR count). The quantitative estimate of drug-likeness (QED) is 0.511. The molecule has 19 heavy (non-hydrogen) atoms. The van der Waals surface area contributed by atoms with Gasteiger partial charge < -0.3 is 15.9 Å². The molecule has 0 spiro atoms. The first-order valence-corrected chi connectivity index (χ1v) is 6.38. The van der Waals surface area contributed by atoms with Gasteiger partial charge in [-0.3, -0.25) is 14.6 Å². The van der Waals surface area contributed by atoms with Crippen LogP contribution in [-0.4, -0.2) is 41.6 Å². The van der Waals surface area contributed by atoms with Crippen molar-refractivity contribution in [3.05, 3.63) is 18.5 Å². The maximum absolute atomic E-state index is 11.8. The number of hydrogen-bond donors (Lipinski definition) is 4. The van der Waals surface area contributed by atoms with Gasteiger partial charge in [-0.2, -0.15) is 4.72 Å². The number of rotatable bonds is 6. The van der Waals surface area contributed by atoms with E-state index in [1.165, 1.54) is 6.20 Å². The zero-order valence-electron chi connectivity index (χ0n) is 9.48. The lowest BCUT2D eigenvalue weighted by molar-refractivity contribution is -0.145. The molecule has 0 aliphatic carbocycles. The van der Waals surface area contributed by atoms with Crippen LogP contribution in [0.1, 0.15) is 6.42 Å². The number of nitrogen functional groups attached to an aromatic ring is 1. The SMILES string of the molecule is Nc1cncc(S(=O)(=O)NC(CC(=O)O)C(=O)O)c1. The number of carboxylic acid groups (broad SMARTS) is 2. The third-order valence-corrected chi connectivity index (χ3v) is 3.46. The Hall–Kier alpha value is -2.20. The van der Waals surface area contributed by atoms with E-state index in [4.69, 9.17) is 15.9 Å². The van der Waals surface area contributed by atoms with Gasteiger partial charge in [-0.1, -0.05) is 0 Å². The van der Waals surface area contributed by atoms with Gasteiger partial charge in [0.25, 0.3) is 0 Å². The maximum atomic E-state index is 11.8. The number of aromatic nitrogens is 1. The molecule has 0 aromatic carbocycles. The van der Waals surface area contributed by atoms with Crippen LogP contribution < -0.4 is 10.5 Å². The fraction of sp³-hybridized carbons (Fsp3) is 0.222. The molecule has 0 amide bonds. The summed E-state index contributed by atoms with van der Waals surface area (Å²) in [5, 5.41) is 17.3. The largest absolute Gasteiger partial charge is 0.481 e. The second kappa shape index (κ2) is 5.63. The molecule has 0 saturated heterocycles. The van der Waals surface area contributed by atoms with Gasteiger partial charge in [0.05, 0.1) is 12.1 Å². The molecule has 1 aromatic heterocycles. The van der Waals surface area contributed by atoms with Gasteiger partial charge in [0, 0.05) is 12.4 Å². The predicted octanol–water partition coefficient (Wildman–Crippen LogP) is -1.13. The number of sulfonamides is 1. The van der Waals surface area contributed by atoms with Crippen molar-refractivity contribution in [2.75, 3.05) is 5.73 Å². The molecule has 0 aliphatic heterocycles. The van der Waals surface area contributed by atoms with Crippen LogP contribution in [-0.2, 0) is 19.6 Å². The first kappa shape index (κ1) is 14.9. The minimum absolute atomic E-state index is 0.0768. The summed E-state index contributed by atoms with van der Waals surface area (Å²) in [6.07, 6.45) is 1.30. The molecule has 1 unspecified atom stereocenters. The fourth-order valence-corrected chi connectivity index (χ4v) is 2.38. The Bertz CT molecular complexity index is 600. The van der Waals surface area contributed by atoms with Crippen LogP contribution in [0.25, 0.3) is 0 Å². The van der Waals surface area contributed by atoms with Crippen LogP contribution in [0.4, 0.5) is 5.69 Å². The molecule has 1 atom stereocenters. The molecule has 10 heteroatoms. The fourth-order valence-electron chi connectivity index (χ4n) is 1.19. The van der Waals surface area contributed by atoms with Gasteiger partial charge in [0.2, 0.25) is 10.0 Å². The van der Waals surface area contributed by atoms with Crippen molar-refractivity contribution in [1.82, 2.24) is 9.71 Å². The second-order valence-corrected chi connectivity index (χ2v) is 5.28. The Labute approximate surface area is 108 Å². The summed E-state index contributed by atoms with van der Waals surface area (Å²) in [7, 11) is -4.21. The zero-order valence-corrected chi connectivity index (χ0v) is 10.3. The summed E-state index contributed by atoms with van der Waals surface area (Å²) in [6.45, 7) is 0. The van der Waals surface area contributed by atoms with Gasteiger partial charge in [-0.05, 0) is 6.07 Å². The van der Waals surface area contributed by atoms with Crippen LogP contribution in [0.3, 0.4) is 0 Å². The van der Waals surface area contributed by atoms with E-state index in [1.807, 2.05) is 0 Å². The molecule has 0 saturated carbocycles. The van der Waals surface area contributed by atoms with Crippen LogP contribution in [0.15, 0.2) is 23.4 Å². The van der Waals surface area contributed by atoms with Gasteiger partial charge in [-0.25, -0.2) is 8.42 Å². The van der Waals surface area contributed by atoms with Gasteiger partial charge in [-0.15, -0.1) is 0 Å². The molecule has 5 N–H and O–H groups in total. The Balaban J connectivity index is 3.00. The van der Waals surface area contributed by atoms with Crippen LogP contribution in [0.2, 0.25) is 0 Å². The number of nitrogens with two attached hydrogens (primary N) is 1. The van der Waals surface area contributed by atoms with E-state index < -0.39 is 34.4 Å². The molecular weight excluding hydrogens is 278 g/mol. The maximum Gasteiger partial charge on any atom is 0.322 e. The highest BCUT2D eigenvalue weighted by atomic mass is 32.2. The van der Waals surface area contributed by atoms with Crippen molar-refractivity contribution in [1.29, 1.82) is 0 Å². The first-order chi connectivity index (χ1) is 8.72. The average Bonchev–Trinajstić information content (AvgIpc) is 2.27. The lowest BCUT2D eigenvalue weighted by atomic mass is 10.2. The Morgan fingerprint density at radius 3 is 2.47 bits per heavy atom. The minimum Gasteiger partial charge on any atom is -0.481 e. The van der Waals surface area contributed by atoms with E-state index in [0.717, 1.165) is 12.3 Å². The van der Waals surface area contributed by atoms with Gasteiger partial charge in [0.1, 0.15) is 10.9 Å². The standard InChI is InChI=1S/C9H11N3O6S/c10-5-1-6(4-11-3-5)19(17,18)12-7(9(15)16)2-8(13)14/h1,3-4,7,12H,2,10H2,(H,13,14)(H,15,16).